The maximum absolute atomic E-state index is 8.12. The van der Waals surface area contributed by atoms with Crippen LogP contribution in [-0.4, -0.2) is 73.9 Å². The summed E-state index contributed by atoms with van der Waals surface area (Å²) in [6.45, 7) is 0. The molecule has 0 aliphatic carbocycles. The molecule has 6 nitrogen and oxygen atoms in total. The minimum atomic E-state index is -8.12. The van der Waals surface area contributed by atoms with E-state index in [0.29, 0.717) is 0 Å². The van der Waals surface area contributed by atoms with Crippen LogP contribution in [0.5, 0.6) is 0 Å². The molecule has 0 aromatic rings. The van der Waals surface area contributed by atoms with Gasteiger partial charge in [0.05, 0.1) is 0 Å². The van der Waals surface area contributed by atoms with Gasteiger partial charge in [-0.05, 0) is 0 Å². The van der Waals surface area contributed by atoms with Crippen LogP contribution in [0.3, 0.4) is 0 Å². The van der Waals surface area contributed by atoms with Crippen LogP contribution in [0.1, 0.15) is 0 Å². The monoisotopic (exact) mass is 336 g/mol. The Hall–Kier alpha value is 2.08. The quantitative estimate of drug-likeness (QED) is 0.253. The normalized spacial score (nSPS) is 20.2. The van der Waals surface area contributed by atoms with E-state index in [4.69, 9.17) is 22.6 Å². The second-order valence-electron chi connectivity index (χ2n) is 0.949. The van der Waals surface area contributed by atoms with Crippen LogP contribution in [0.4, 0.5) is 0 Å². The van der Waals surface area contributed by atoms with Crippen LogP contribution in [0, 0.1) is 0 Å². The van der Waals surface area contributed by atoms with Crippen molar-refractivity contribution in [1.29, 1.82) is 0 Å². The Labute approximate surface area is 88.0 Å². The average Bonchev–Trinajstić information content (AvgIpc) is 0.592. The van der Waals surface area contributed by atoms with Gasteiger partial charge in [0.25, 0.3) is 0 Å². The fraction of sp³-hybridized carbons (Fsp3) is 0. The van der Waals surface area contributed by atoms with Gasteiger partial charge in [0.1, 0.15) is 0 Å². The Bertz CT molecular complexity index is 67.1. The molecule has 0 aliphatic heterocycles. The standard InChI is InChI=1S/K.6H2O.Pt/h;6*1H2;/q;;;;;;;+6/p-6. The van der Waals surface area contributed by atoms with Gasteiger partial charge >= 0.3 is 38.4 Å². The van der Waals surface area contributed by atoms with E-state index in [1.165, 1.54) is 0 Å². The molecule has 1 radical (unpaired) electrons. The predicted octanol–water partition coefficient (Wildman–Crippen LogP) is -3.73. The van der Waals surface area contributed by atoms with Gasteiger partial charge in [-0.1, -0.05) is 0 Å². The molecule has 0 aromatic heterocycles. The van der Waals surface area contributed by atoms with Crippen molar-refractivity contribution in [2.45, 2.75) is 0 Å². The summed E-state index contributed by atoms with van der Waals surface area (Å²) in [4.78, 5) is 0. The van der Waals surface area contributed by atoms with Crippen LogP contribution in [0.25, 0.3) is 0 Å². The van der Waals surface area contributed by atoms with E-state index >= 15 is 0 Å². The van der Waals surface area contributed by atoms with Gasteiger partial charge in [-0.3, -0.25) is 0 Å². The molecule has 0 saturated heterocycles. The van der Waals surface area contributed by atoms with Gasteiger partial charge in [-0.15, -0.1) is 0 Å². The SMILES string of the molecule is [K].[OH][Pt]([OH])([OH])([OH])([OH])[OH]. The second kappa shape index (κ2) is 2.03. The molecule has 53 valence electrons. The molecule has 0 heterocycles. The summed E-state index contributed by atoms with van der Waals surface area (Å²) in [5.74, 6) is 0. The zero-order chi connectivity index (χ0) is 6.41. The van der Waals surface area contributed by atoms with E-state index in [1.54, 1.807) is 0 Å². The number of hydrogen-bond acceptors (Lipinski definition) is 6. The average molecular weight is 336 g/mol. The summed E-state index contributed by atoms with van der Waals surface area (Å²) in [5.41, 5.74) is 0. The van der Waals surface area contributed by atoms with Gasteiger partial charge in [0.15, 0.2) is 0 Å². The van der Waals surface area contributed by atoms with E-state index in [9.17, 15) is 0 Å². The van der Waals surface area contributed by atoms with Crippen molar-refractivity contribution in [1.82, 2.24) is 0 Å². The summed E-state index contributed by atoms with van der Waals surface area (Å²) < 4.78 is 44.5. The summed E-state index contributed by atoms with van der Waals surface area (Å²) in [5, 5.41) is 0. The molecule has 0 rings (SSSR count). The fourth-order valence-electron chi connectivity index (χ4n) is 0. The first-order valence-electron chi connectivity index (χ1n) is 0.849. The van der Waals surface area contributed by atoms with Crippen LogP contribution in [0.2, 0.25) is 0 Å². The molecule has 0 unspecified atom stereocenters. The third-order valence-corrected chi connectivity index (χ3v) is 0. The van der Waals surface area contributed by atoms with E-state index in [-0.39, 0.29) is 51.4 Å². The summed E-state index contributed by atoms with van der Waals surface area (Å²) >= 11 is -8.12. The Morgan fingerprint density at radius 2 is 0.625 bits per heavy atom. The van der Waals surface area contributed by atoms with Gasteiger partial charge in [-0.2, -0.15) is 0 Å². The third kappa shape index (κ3) is 93.4. The van der Waals surface area contributed by atoms with Crippen molar-refractivity contribution in [3.8, 4) is 0 Å². The molecule has 8 heavy (non-hydrogen) atoms. The molecule has 8 heteroatoms. The van der Waals surface area contributed by atoms with Gasteiger partial charge in [-0.25, -0.2) is 0 Å². The van der Waals surface area contributed by atoms with Crippen LogP contribution in [-0.2, 0) is 15.8 Å². The Morgan fingerprint density at radius 1 is 0.625 bits per heavy atom. The van der Waals surface area contributed by atoms with Gasteiger partial charge in [0, 0.05) is 51.4 Å². The molecule has 0 saturated carbocycles. The number of rotatable bonds is 0. The van der Waals surface area contributed by atoms with Crippen molar-refractivity contribution >= 4 is 51.4 Å². The van der Waals surface area contributed by atoms with Crippen LogP contribution >= 0.6 is 0 Å². The molecule has 0 aliphatic rings. The molecule has 0 fully saturated rings. The topological polar surface area (TPSA) is 121 Å². The van der Waals surface area contributed by atoms with Crippen LogP contribution < -0.4 is 0 Å². The molecule has 0 bridgehead atoms. The zero-order valence-electron chi connectivity index (χ0n) is 4.00. The second-order valence-corrected chi connectivity index (χ2v) is 7.77. The van der Waals surface area contributed by atoms with Crippen LogP contribution in [0.15, 0.2) is 0 Å². The van der Waals surface area contributed by atoms with Crippen molar-refractivity contribution in [3.05, 3.63) is 0 Å². The molecule has 0 atom stereocenters. The van der Waals surface area contributed by atoms with Crippen molar-refractivity contribution in [2.24, 2.45) is 0 Å². The van der Waals surface area contributed by atoms with E-state index in [0.717, 1.165) is 0 Å². The zero-order valence-corrected chi connectivity index (χ0v) is 9.39. The molecule has 0 amide bonds. The Morgan fingerprint density at radius 3 is 0.625 bits per heavy atom. The molecule has 0 aromatic carbocycles. The maximum atomic E-state index is 7.41. The van der Waals surface area contributed by atoms with Crippen molar-refractivity contribution in [3.63, 3.8) is 0 Å². The summed E-state index contributed by atoms with van der Waals surface area (Å²) in [6.07, 6.45) is 0. The van der Waals surface area contributed by atoms with Crippen molar-refractivity contribution < 1.29 is 38.4 Å². The minimum absolute atomic E-state index is 0. The van der Waals surface area contributed by atoms with Crippen molar-refractivity contribution in [2.75, 3.05) is 0 Å². The number of hydrogen-bond donors (Lipinski definition) is 6. The third-order valence-electron chi connectivity index (χ3n) is 0. The van der Waals surface area contributed by atoms with E-state index < -0.39 is 15.8 Å². The molecule has 0 spiro atoms. The first-order chi connectivity index (χ1) is 2.45. The molecular weight excluding hydrogens is 330 g/mol. The summed E-state index contributed by atoms with van der Waals surface area (Å²) in [6, 6.07) is 0. The van der Waals surface area contributed by atoms with E-state index in [1.807, 2.05) is 0 Å². The van der Waals surface area contributed by atoms with Gasteiger partial charge < -0.3 is 0 Å². The predicted molar refractivity (Wildman–Crippen MR) is 19.1 cm³/mol. The first kappa shape index (κ1) is 12.7. The summed E-state index contributed by atoms with van der Waals surface area (Å²) in [7, 11) is 0. The fourth-order valence-corrected chi connectivity index (χ4v) is 0. The Balaban J connectivity index is 0. The first-order valence-corrected chi connectivity index (χ1v) is 6.95. The Kier molecular flexibility index (Phi) is 3.24. The van der Waals surface area contributed by atoms with E-state index in [2.05, 4.69) is 0 Å². The molecule has 6 N–H and O–H groups in total. The molecular formula is H6KO6Pt. The van der Waals surface area contributed by atoms with Gasteiger partial charge in [0.2, 0.25) is 0 Å².